The standard InChI is InChI=1S/C39H59BrO4/c1-3-5-7-8-9-10-11-12-13-15-29-44-36-28-27-35(39(41)42)38(40)37(36)33-23-25-34(26-24-33)43-30-16-18-32-21-19-31(20-22-32)17-14-6-4-2/h23-28,31-32H,3-22,29-30H2,1-2H3,(H,41,42). The summed E-state index contributed by atoms with van der Waals surface area (Å²) in [5, 5.41) is 9.73. The van der Waals surface area contributed by atoms with E-state index in [1.165, 1.54) is 109 Å². The van der Waals surface area contributed by atoms with E-state index in [9.17, 15) is 9.90 Å². The molecule has 1 saturated carbocycles. The van der Waals surface area contributed by atoms with Gasteiger partial charge in [0.25, 0.3) is 0 Å². The van der Waals surface area contributed by atoms with Crippen LogP contribution in [0.2, 0.25) is 0 Å². The highest BCUT2D eigenvalue weighted by Gasteiger charge is 2.21. The molecule has 5 heteroatoms. The molecular weight excluding hydrogens is 612 g/mol. The Morgan fingerprint density at radius 2 is 1.20 bits per heavy atom. The number of carboxylic acid groups (broad SMARTS) is 1. The molecule has 0 heterocycles. The molecule has 2 aromatic rings. The van der Waals surface area contributed by atoms with Crippen LogP contribution in [0, 0.1) is 11.8 Å². The lowest BCUT2D eigenvalue weighted by molar-refractivity contribution is 0.0696. The van der Waals surface area contributed by atoms with Gasteiger partial charge in [0.15, 0.2) is 0 Å². The topological polar surface area (TPSA) is 55.8 Å². The van der Waals surface area contributed by atoms with Crippen LogP contribution in [0.25, 0.3) is 11.1 Å². The Balaban J connectivity index is 1.43. The molecule has 0 saturated heterocycles. The van der Waals surface area contributed by atoms with E-state index < -0.39 is 5.97 Å². The van der Waals surface area contributed by atoms with Gasteiger partial charge in [0, 0.05) is 10.0 Å². The summed E-state index contributed by atoms with van der Waals surface area (Å²) in [5.74, 6) is 2.44. The molecular formula is C39H59BrO4. The maximum atomic E-state index is 11.9. The van der Waals surface area contributed by atoms with Crippen molar-refractivity contribution in [3.63, 3.8) is 0 Å². The van der Waals surface area contributed by atoms with Crippen molar-refractivity contribution in [3.05, 3.63) is 46.4 Å². The largest absolute Gasteiger partial charge is 0.494 e. The Morgan fingerprint density at radius 1 is 0.682 bits per heavy atom. The molecule has 246 valence electrons. The molecule has 3 rings (SSSR count). The van der Waals surface area contributed by atoms with Crippen LogP contribution in [0.1, 0.15) is 153 Å². The smallest absolute Gasteiger partial charge is 0.336 e. The third kappa shape index (κ3) is 13.2. The Hall–Kier alpha value is -2.01. The summed E-state index contributed by atoms with van der Waals surface area (Å²) in [6, 6.07) is 11.4. The second-order valence-electron chi connectivity index (χ2n) is 13.0. The number of carbonyl (C=O) groups is 1. The second kappa shape index (κ2) is 21.7. The van der Waals surface area contributed by atoms with Crippen LogP contribution >= 0.6 is 15.9 Å². The summed E-state index contributed by atoms with van der Waals surface area (Å²) in [7, 11) is 0. The van der Waals surface area contributed by atoms with Gasteiger partial charge in [-0.05, 0) is 76.9 Å². The summed E-state index contributed by atoms with van der Waals surface area (Å²) in [4.78, 5) is 11.9. The first-order valence-electron chi connectivity index (χ1n) is 17.9. The number of hydrogen-bond acceptors (Lipinski definition) is 3. The highest BCUT2D eigenvalue weighted by atomic mass is 79.9. The van der Waals surface area contributed by atoms with Crippen molar-refractivity contribution < 1.29 is 19.4 Å². The van der Waals surface area contributed by atoms with E-state index in [4.69, 9.17) is 9.47 Å². The van der Waals surface area contributed by atoms with E-state index in [0.29, 0.717) is 16.8 Å². The predicted molar refractivity (Wildman–Crippen MR) is 188 cm³/mol. The molecule has 4 nitrogen and oxygen atoms in total. The van der Waals surface area contributed by atoms with Gasteiger partial charge in [0.1, 0.15) is 11.5 Å². The quantitative estimate of drug-likeness (QED) is 0.119. The van der Waals surface area contributed by atoms with Crippen LogP contribution in [-0.2, 0) is 0 Å². The Bertz CT molecular complexity index is 1060. The van der Waals surface area contributed by atoms with Gasteiger partial charge < -0.3 is 14.6 Å². The van der Waals surface area contributed by atoms with Crippen molar-refractivity contribution in [3.8, 4) is 22.6 Å². The number of aromatic carboxylic acids is 1. The fourth-order valence-electron chi connectivity index (χ4n) is 6.66. The summed E-state index contributed by atoms with van der Waals surface area (Å²) >= 11 is 3.58. The van der Waals surface area contributed by atoms with Gasteiger partial charge in [-0.15, -0.1) is 0 Å². The maximum absolute atomic E-state index is 11.9. The summed E-state index contributed by atoms with van der Waals surface area (Å²) in [6.45, 7) is 5.92. The first-order valence-corrected chi connectivity index (χ1v) is 18.7. The van der Waals surface area contributed by atoms with Crippen LogP contribution in [0.4, 0.5) is 0 Å². The van der Waals surface area contributed by atoms with E-state index in [2.05, 4.69) is 29.8 Å². The minimum atomic E-state index is -0.954. The van der Waals surface area contributed by atoms with Crippen molar-refractivity contribution in [2.75, 3.05) is 13.2 Å². The molecule has 1 N–H and O–H groups in total. The van der Waals surface area contributed by atoms with Crippen LogP contribution in [0.15, 0.2) is 40.9 Å². The van der Waals surface area contributed by atoms with Gasteiger partial charge in [0.2, 0.25) is 0 Å². The molecule has 1 aliphatic carbocycles. The maximum Gasteiger partial charge on any atom is 0.336 e. The molecule has 0 radical (unpaired) electrons. The van der Waals surface area contributed by atoms with Crippen LogP contribution in [0.3, 0.4) is 0 Å². The first kappa shape index (κ1) is 36.5. The lowest BCUT2D eigenvalue weighted by Gasteiger charge is -2.28. The monoisotopic (exact) mass is 670 g/mol. The third-order valence-electron chi connectivity index (χ3n) is 9.44. The minimum absolute atomic E-state index is 0.238. The zero-order valence-electron chi connectivity index (χ0n) is 27.7. The number of carboxylic acids is 1. The van der Waals surface area contributed by atoms with Crippen LogP contribution < -0.4 is 9.47 Å². The van der Waals surface area contributed by atoms with Crippen molar-refractivity contribution in [2.24, 2.45) is 11.8 Å². The first-order chi connectivity index (χ1) is 21.5. The number of hydrogen-bond donors (Lipinski definition) is 1. The second-order valence-corrected chi connectivity index (χ2v) is 13.8. The summed E-state index contributed by atoms with van der Waals surface area (Å²) < 4.78 is 12.9. The lowest BCUT2D eigenvalue weighted by Crippen LogP contribution is -2.15. The van der Waals surface area contributed by atoms with Crippen LogP contribution in [0.5, 0.6) is 11.5 Å². The van der Waals surface area contributed by atoms with Gasteiger partial charge >= 0.3 is 5.97 Å². The lowest BCUT2D eigenvalue weighted by atomic mass is 9.78. The van der Waals surface area contributed by atoms with Gasteiger partial charge in [-0.2, -0.15) is 0 Å². The van der Waals surface area contributed by atoms with E-state index in [0.717, 1.165) is 54.6 Å². The average Bonchev–Trinajstić information content (AvgIpc) is 3.03. The normalized spacial score (nSPS) is 16.6. The summed E-state index contributed by atoms with van der Waals surface area (Å²) in [6.07, 6.45) is 26.3. The molecule has 1 aliphatic rings. The van der Waals surface area contributed by atoms with E-state index in [1.54, 1.807) is 12.1 Å². The van der Waals surface area contributed by atoms with Gasteiger partial charge in [-0.1, -0.05) is 135 Å². The Labute approximate surface area is 276 Å². The molecule has 0 bridgehead atoms. The number of benzene rings is 2. The highest BCUT2D eigenvalue weighted by Crippen LogP contribution is 2.40. The third-order valence-corrected chi connectivity index (χ3v) is 10.3. The molecule has 2 aromatic carbocycles. The molecule has 1 fully saturated rings. The van der Waals surface area contributed by atoms with Crippen molar-refractivity contribution in [2.45, 2.75) is 142 Å². The zero-order chi connectivity index (χ0) is 31.4. The summed E-state index contributed by atoms with van der Waals surface area (Å²) in [5.41, 5.74) is 1.94. The molecule has 44 heavy (non-hydrogen) atoms. The van der Waals surface area contributed by atoms with Crippen molar-refractivity contribution in [1.82, 2.24) is 0 Å². The number of halogens is 1. The predicted octanol–water partition coefficient (Wildman–Crippen LogP) is 12.7. The minimum Gasteiger partial charge on any atom is -0.494 e. The molecule has 0 unspecified atom stereocenters. The van der Waals surface area contributed by atoms with Crippen molar-refractivity contribution >= 4 is 21.9 Å². The van der Waals surface area contributed by atoms with Crippen molar-refractivity contribution in [1.29, 1.82) is 0 Å². The number of ether oxygens (including phenoxy) is 2. The van der Waals surface area contributed by atoms with Gasteiger partial charge in [0.05, 0.1) is 18.8 Å². The highest BCUT2D eigenvalue weighted by molar-refractivity contribution is 9.10. The van der Waals surface area contributed by atoms with Crippen LogP contribution in [-0.4, -0.2) is 24.3 Å². The fourth-order valence-corrected chi connectivity index (χ4v) is 7.38. The molecule has 0 atom stereocenters. The molecule has 0 aliphatic heterocycles. The van der Waals surface area contributed by atoms with Gasteiger partial charge in [-0.3, -0.25) is 0 Å². The average molecular weight is 672 g/mol. The fraction of sp³-hybridized carbons (Fsp3) is 0.667. The van der Waals surface area contributed by atoms with E-state index in [1.807, 2.05) is 24.3 Å². The SMILES string of the molecule is CCCCCCCCCCCCOc1ccc(C(=O)O)c(Br)c1-c1ccc(OCCCC2CCC(CCCCC)CC2)cc1. The van der Waals surface area contributed by atoms with Gasteiger partial charge in [-0.25, -0.2) is 4.79 Å². The Morgan fingerprint density at radius 3 is 1.80 bits per heavy atom. The Kier molecular flexibility index (Phi) is 18.0. The van der Waals surface area contributed by atoms with E-state index in [-0.39, 0.29) is 5.56 Å². The molecule has 0 spiro atoms. The molecule has 0 amide bonds. The number of unbranched alkanes of at least 4 members (excludes halogenated alkanes) is 11. The zero-order valence-corrected chi connectivity index (χ0v) is 29.3. The number of rotatable bonds is 23. The van der Waals surface area contributed by atoms with E-state index >= 15 is 0 Å². The molecule has 0 aromatic heterocycles.